The van der Waals surface area contributed by atoms with Gasteiger partial charge in [-0.1, -0.05) is 12.1 Å². The predicted molar refractivity (Wildman–Crippen MR) is 98.3 cm³/mol. The highest BCUT2D eigenvalue weighted by molar-refractivity contribution is 5.90. The molecule has 1 aromatic carbocycles. The zero-order valence-corrected chi connectivity index (χ0v) is 15.2. The lowest BCUT2D eigenvalue weighted by Gasteiger charge is -2.35. The molecule has 1 aromatic heterocycles. The maximum absolute atomic E-state index is 13.1. The van der Waals surface area contributed by atoms with Crippen molar-refractivity contribution in [1.29, 1.82) is 0 Å². The molecule has 1 aliphatic carbocycles. The van der Waals surface area contributed by atoms with Crippen molar-refractivity contribution < 1.29 is 18.0 Å². The summed E-state index contributed by atoms with van der Waals surface area (Å²) in [5.74, 6) is 0.795. The minimum absolute atomic E-state index is 0.230. The van der Waals surface area contributed by atoms with Crippen LogP contribution in [0.4, 0.5) is 29.5 Å². The van der Waals surface area contributed by atoms with Crippen molar-refractivity contribution in [2.24, 2.45) is 0 Å². The van der Waals surface area contributed by atoms with E-state index in [1.807, 2.05) is 0 Å². The van der Waals surface area contributed by atoms with Gasteiger partial charge in [0, 0.05) is 26.2 Å². The zero-order chi connectivity index (χ0) is 19.7. The molecule has 2 aromatic rings. The summed E-state index contributed by atoms with van der Waals surface area (Å²) in [5, 5.41) is 11.0. The molecular weight excluding hydrogens is 371 g/mol. The Labute approximate surface area is 160 Å². The van der Waals surface area contributed by atoms with Gasteiger partial charge in [-0.05, 0) is 43.0 Å². The van der Waals surface area contributed by atoms with E-state index in [4.69, 9.17) is 0 Å². The minimum Gasteiger partial charge on any atom is -0.352 e. The zero-order valence-electron chi connectivity index (χ0n) is 15.2. The number of halogens is 3. The number of hydrogen-bond donors (Lipinski definition) is 1. The second-order valence-corrected chi connectivity index (χ2v) is 6.98. The molecule has 0 saturated carbocycles. The maximum Gasteiger partial charge on any atom is 0.418 e. The number of aromatic nitrogens is 2. The lowest BCUT2D eigenvalue weighted by molar-refractivity contribution is -0.136. The van der Waals surface area contributed by atoms with Crippen molar-refractivity contribution >= 4 is 17.5 Å². The van der Waals surface area contributed by atoms with E-state index >= 15 is 0 Å². The quantitative estimate of drug-likeness (QED) is 0.853. The number of urea groups is 1. The Morgan fingerprint density at radius 2 is 1.79 bits per heavy atom. The first kappa shape index (κ1) is 18.5. The largest absolute Gasteiger partial charge is 0.418 e. The van der Waals surface area contributed by atoms with Gasteiger partial charge in [0.2, 0.25) is 0 Å². The molecule has 6 nitrogen and oxygen atoms in total. The molecule has 0 radical (unpaired) electrons. The molecule has 2 amide bonds. The number of amides is 2. The van der Waals surface area contributed by atoms with Gasteiger partial charge >= 0.3 is 12.2 Å². The summed E-state index contributed by atoms with van der Waals surface area (Å²) >= 11 is 0. The highest BCUT2D eigenvalue weighted by atomic mass is 19.4. The summed E-state index contributed by atoms with van der Waals surface area (Å²) in [6, 6.07) is 6.52. The molecule has 148 valence electrons. The van der Waals surface area contributed by atoms with E-state index in [-0.39, 0.29) is 5.69 Å². The number of nitrogens with zero attached hydrogens (tertiary/aromatic N) is 4. The number of piperazine rings is 1. The van der Waals surface area contributed by atoms with Crippen LogP contribution in [0.2, 0.25) is 0 Å². The highest BCUT2D eigenvalue weighted by Crippen LogP contribution is 2.34. The van der Waals surface area contributed by atoms with Gasteiger partial charge < -0.3 is 15.1 Å². The maximum atomic E-state index is 13.1. The monoisotopic (exact) mass is 391 g/mol. The Morgan fingerprint density at radius 3 is 2.54 bits per heavy atom. The fourth-order valence-electron chi connectivity index (χ4n) is 3.64. The number of fused-ring (bicyclic) bond motifs is 1. The summed E-state index contributed by atoms with van der Waals surface area (Å²) in [4.78, 5) is 16.0. The minimum atomic E-state index is -4.52. The van der Waals surface area contributed by atoms with Crippen LogP contribution in [0.5, 0.6) is 0 Å². The molecule has 28 heavy (non-hydrogen) atoms. The van der Waals surface area contributed by atoms with E-state index in [1.165, 1.54) is 28.7 Å². The number of rotatable bonds is 2. The molecule has 2 aliphatic rings. The first-order chi connectivity index (χ1) is 13.4. The van der Waals surface area contributed by atoms with Crippen molar-refractivity contribution in [2.45, 2.75) is 25.4 Å². The summed E-state index contributed by atoms with van der Waals surface area (Å²) < 4.78 is 39.3. The Hall–Kier alpha value is -2.84. The molecule has 1 aliphatic heterocycles. The highest BCUT2D eigenvalue weighted by Gasteiger charge is 2.34. The number of aryl methyl sites for hydroxylation is 2. The van der Waals surface area contributed by atoms with E-state index in [1.54, 1.807) is 0 Å². The van der Waals surface area contributed by atoms with Crippen LogP contribution in [0.3, 0.4) is 0 Å². The molecule has 0 unspecified atom stereocenters. The number of hydrogen-bond acceptors (Lipinski definition) is 4. The Kier molecular flexibility index (Phi) is 4.82. The summed E-state index contributed by atoms with van der Waals surface area (Å²) in [6.45, 7) is 1.92. The molecule has 9 heteroatoms. The van der Waals surface area contributed by atoms with Gasteiger partial charge in [-0.15, -0.1) is 5.10 Å². The summed E-state index contributed by atoms with van der Waals surface area (Å²) in [5.41, 5.74) is 1.21. The topological polar surface area (TPSA) is 61.4 Å². The number of alkyl halides is 3. The molecule has 0 spiro atoms. The van der Waals surface area contributed by atoms with Crippen LogP contribution in [-0.4, -0.2) is 47.3 Å². The molecule has 1 N–H and O–H groups in total. The SMILES string of the molecule is O=C(Nc1ccccc1C(F)(F)F)N1CCN(c2cc3c(nn2)CCC3)CC1. The van der Waals surface area contributed by atoms with Crippen molar-refractivity contribution in [1.82, 2.24) is 15.1 Å². The number of benzene rings is 1. The van der Waals surface area contributed by atoms with Gasteiger partial charge in [-0.2, -0.15) is 18.3 Å². The summed E-state index contributed by atoms with van der Waals surface area (Å²) in [7, 11) is 0. The smallest absolute Gasteiger partial charge is 0.352 e. The standard InChI is InChI=1S/C19H20F3N5O/c20-19(21,22)14-5-1-2-6-16(14)23-18(28)27-10-8-26(9-11-27)17-12-13-4-3-7-15(13)24-25-17/h1-2,5-6,12H,3-4,7-11H2,(H,23,28). The average Bonchev–Trinajstić information content (AvgIpc) is 3.15. The van der Waals surface area contributed by atoms with Crippen LogP contribution in [0.1, 0.15) is 23.2 Å². The number of anilines is 2. The van der Waals surface area contributed by atoms with Gasteiger partial charge in [0.15, 0.2) is 5.82 Å². The molecule has 2 heterocycles. The first-order valence-electron chi connectivity index (χ1n) is 9.24. The molecule has 4 rings (SSSR count). The second-order valence-electron chi connectivity index (χ2n) is 6.98. The molecule has 1 saturated heterocycles. The van der Waals surface area contributed by atoms with Gasteiger partial charge in [0.05, 0.1) is 16.9 Å². The summed E-state index contributed by atoms with van der Waals surface area (Å²) in [6.07, 6.45) is -1.44. The van der Waals surface area contributed by atoms with Gasteiger partial charge in [-0.3, -0.25) is 0 Å². The number of carbonyl (C=O) groups excluding carboxylic acids is 1. The lowest BCUT2D eigenvalue weighted by Crippen LogP contribution is -2.50. The molecule has 1 fully saturated rings. The van der Waals surface area contributed by atoms with Gasteiger partial charge in [0.1, 0.15) is 0 Å². The third-order valence-corrected chi connectivity index (χ3v) is 5.17. The van der Waals surface area contributed by atoms with Crippen LogP contribution in [0, 0.1) is 0 Å². The third-order valence-electron chi connectivity index (χ3n) is 5.17. The van der Waals surface area contributed by atoms with E-state index in [0.29, 0.717) is 26.2 Å². The van der Waals surface area contributed by atoms with E-state index in [2.05, 4.69) is 26.5 Å². The lowest BCUT2D eigenvalue weighted by atomic mass is 10.1. The van der Waals surface area contributed by atoms with Crippen LogP contribution in [0.25, 0.3) is 0 Å². The third kappa shape index (κ3) is 3.74. The van der Waals surface area contributed by atoms with Crippen LogP contribution < -0.4 is 10.2 Å². The van der Waals surface area contributed by atoms with Crippen LogP contribution in [-0.2, 0) is 19.0 Å². The Balaban J connectivity index is 1.38. The molecular formula is C19H20F3N5O. The number of para-hydroxylation sites is 1. The van der Waals surface area contributed by atoms with Crippen molar-refractivity contribution in [3.8, 4) is 0 Å². The fraction of sp³-hybridized carbons (Fsp3) is 0.421. The Morgan fingerprint density at radius 1 is 1.04 bits per heavy atom. The predicted octanol–water partition coefficient (Wildman–Crippen LogP) is 3.34. The van der Waals surface area contributed by atoms with E-state index in [9.17, 15) is 18.0 Å². The van der Waals surface area contributed by atoms with Gasteiger partial charge in [-0.25, -0.2) is 4.79 Å². The van der Waals surface area contributed by atoms with Crippen LogP contribution >= 0.6 is 0 Å². The number of carbonyl (C=O) groups is 1. The van der Waals surface area contributed by atoms with Gasteiger partial charge in [0.25, 0.3) is 0 Å². The van der Waals surface area contributed by atoms with E-state index < -0.39 is 17.8 Å². The molecule has 0 atom stereocenters. The van der Waals surface area contributed by atoms with Crippen molar-refractivity contribution in [3.63, 3.8) is 0 Å². The van der Waals surface area contributed by atoms with Crippen LogP contribution in [0.15, 0.2) is 30.3 Å². The average molecular weight is 391 g/mol. The Bertz CT molecular complexity index is 878. The second kappa shape index (κ2) is 7.29. The van der Waals surface area contributed by atoms with E-state index in [0.717, 1.165) is 36.8 Å². The first-order valence-corrected chi connectivity index (χ1v) is 9.24. The van der Waals surface area contributed by atoms with Crippen molar-refractivity contribution in [3.05, 3.63) is 47.2 Å². The fourth-order valence-corrected chi connectivity index (χ4v) is 3.64. The normalized spacial score (nSPS) is 16.8. The van der Waals surface area contributed by atoms with Crippen molar-refractivity contribution in [2.75, 3.05) is 36.4 Å². The molecule has 0 bridgehead atoms. The number of nitrogens with one attached hydrogen (secondary N) is 1.